The van der Waals surface area contributed by atoms with Crippen molar-refractivity contribution in [2.75, 3.05) is 43.1 Å². The Balaban J connectivity index is 1.63. The van der Waals surface area contributed by atoms with E-state index in [9.17, 15) is 9.59 Å². The van der Waals surface area contributed by atoms with Crippen molar-refractivity contribution in [3.05, 3.63) is 24.3 Å². The molecule has 112 valence electrons. The fourth-order valence-electron chi connectivity index (χ4n) is 2.64. The summed E-state index contributed by atoms with van der Waals surface area (Å²) in [7, 11) is 0. The highest BCUT2D eigenvalue weighted by molar-refractivity contribution is 5.95. The Hall–Kier alpha value is -2.08. The molecule has 1 aromatic carbocycles. The fraction of sp³-hybridized carbons (Fsp3) is 0.467. The van der Waals surface area contributed by atoms with Gasteiger partial charge in [0.15, 0.2) is 0 Å². The van der Waals surface area contributed by atoms with Gasteiger partial charge in [-0.3, -0.25) is 4.79 Å². The van der Waals surface area contributed by atoms with Crippen LogP contribution in [0.1, 0.15) is 12.8 Å². The highest BCUT2D eigenvalue weighted by Gasteiger charge is 2.20. The van der Waals surface area contributed by atoms with E-state index in [1.807, 2.05) is 29.2 Å². The molecule has 0 bridgehead atoms. The van der Waals surface area contributed by atoms with Gasteiger partial charge in [0.05, 0.1) is 6.61 Å². The van der Waals surface area contributed by atoms with E-state index < -0.39 is 0 Å². The fourth-order valence-corrected chi connectivity index (χ4v) is 2.64. The molecule has 3 rings (SSSR count). The lowest BCUT2D eigenvalue weighted by molar-refractivity contribution is -0.125. The first kappa shape index (κ1) is 13.9. The Kier molecular flexibility index (Phi) is 4.06. The van der Waals surface area contributed by atoms with Crippen molar-refractivity contribution in [2.24, 2.45) is 0 Å². The number of carbonyl (C=O) groups excluding carboxylic acids is 2. The number of rotatable bonds is 2. The number of nitrogens with zero attached hydrogens (tertiary/aromatic N) is 2. The molecule has 0 aliphatic carbocycles. The smallest absolute Gasteiger partial charge is 0.321 e. The highest BCUT2D eigenvalue weighted by atomic mass is 16.5. The quantitative estimate of drug-likeness (QED) is 0.901. The van der Waals surface area contributed by atoms with Gasteiger partial charge in [-0.2, -0.15) is 0 Å². The van der Waals surface area contributed by atoms with Crippen molar-refractivity contribution < 1.29 is 14.3 Å². The topological polar surface area (TPSA) is 61.9 Å². The Morgan fingerprint density at radius 3 is 2.48 bits per heavy atom. The molecule has 6 nitrogen and oxygen atoms in total. The molecular weight excluding hydrogens is 270 g/mol. The molecule has 0 radical (unpaired) electrons. The average Bonchev–Trinajstić information content (AvgIpc) is 3.03. The summed E-state index contributed by atoms with van der Waals surface area (Å²) in [6.45, 7) is 2.91. The molecule has 0 saturated carbocycles. The van der Waals surface area contributed by atoms with Gasteiger partial charge in [-0.05, 0) is 37.1 Å². The normalized spacial score (nSPS) is 19.0. The molecule has 0 atom stereocenters. The molecule has 2 aliphatic heterocycles. The van der Waals surface area contributed by atoms with Gasteiger partial charge < -0.3 is 19.9 Å². The number of hydrogen-bond acceptors (Lipinski definition) is 3. The maximum absolute atomic E-state index is 12.0. The first-order chi connectivity index (χ1) is 10.2. The highest BCUT2D eigenvalue weighted by Crippen LogP contribution is 2.20. The molecule has 3 amide bonds. The zero-order chi connectivity index (χ0) is 14.7. The van der Waals surface area contributed by atoms with Gasteiger partial charge in [-0.1, -0.05) is 0 Å². The molecule has 2 fully saturated rings. The Morgan fingerprint density at radius 2 is 1.81 bits per heavy atom. The number of ether oxygens (including phenoxy) is 1. The van der Waals surface area contributed by atoms with Gasteiger partial charge in [0.1, 0.15) is 6.61 Å². The number of anilines is 2. The molecule has 0 aromatic heterocycles. The monoisotopic (exact) mass is 289 g/mol. The van der Waals surface area contributed by atoms with Crippen LogP contribution in [0, 0.1) is 0 Å². The second-order valence-corrected chi connectivity index (χ2v) is 5.27. The molecule has 1 N–H and O–H groups in total. The van der Waals surface area contributed by atoms with E-state index in [-0.39, 0.29) is 18.5 Å². The molecular formula is C15H19N3O3. The molecule has 2 saturated heterocycles. The van der Waals surface area contributed by atoms with Gasteiger partial charge in [-0.15, -0.1) is 0 Å². The maximum Gasteiger partial charge on any atom is 0.321 e. The largest absolute Gasteiger partial charge is 0.370 e. The summed E-state index contributed by atoms with van der Waals surface area (Å²) in [6, 6.07) is 7.30. The molecule has 2 heterocycles. The number of carbonyl (C=O) groups is 2. The van der Waals surface area contributed by atoms with Crippen molar-refractivity contribution in [1.82, 2.24) is 4.90 Å². The van der Waals surface area contributed by atoms with E-state index in [1.165, 1.54) is 0 Å². The Morgan fingerprint density at radius 1 is 1.10 bits per heavy atom. The first-order valence-corrected chi connectivity index (χ1v) is 7.28. The van der Waals surface area contributed by atoms with E-state index in [4.69, 9.17) is 4.74 Å². The number of likely N-dealkylation sites (tertiary alicyclic amines) is 1. The lowest BCUT2D eigenvalue weighted by Crippen LogP contribution is -2.41. The first-order valence-electron chi connectivity index (χ1n) is 7.28. The van der Waals surface area contributed by atoms with Crippen molar-refractivity contribution in [2.45, 2.75) is 12.8 Å². The number of urea groups is 1. The third kappa shape index (κ3) is 3.16. The number of hydrogen-bond donors (Lipinski definition) is 1. The lowest BCUT2D eigenvalue weighted by atomic mass is 10.2. The van der Waals surface area contributed by atoms with E-state index in [0.29, 0.717) is 13.2 Å². The minimum atomic E-state index is -0.0531. The Labute approximate surface area is 123 Å². The molecule has 0 spiro atoms. The van der Waals surface area contributed by atoms with Crippen LogP contribution >= 0.6 is 0 Å². The van der Waals surface area contributed by atoms with Gasteiger partial charge in [0.25, 0.3) is 5.91 Å². The van der Waals surface area contributed by atoms with E-state index >= 15 is 0 Å². The van der Waals surface area contributed by atoms with Crippen LogP contribution in [0.15, 0.2) is 24.3 Å². The lowest BCUT2D eigenvalue weighted by Gasteiger charge is -2.27. The third-order valence-electron chi connectivity index (χ3n) is 3.81. The number of amides is 3. The zero-order valence-corrected chi connectivity index (χ0v) is 11.9. The van der Waals surface area contributed by atoms with E-state index in [0.717, 1.165) is 37.3 Å². The molecule has 6 heteroatoms. The summed E-state index contributed by atoms with van der Waals surface area (Å²) in [6.07, 6.45) is 2.15. The Bertz CT molecular complexity index is 523. The van der Waals surface area contributed by atoms with Crippen molar-refractivity contribution in [3.63, 3.8) is 0 Å². The van der Waals surface area contributed by atoms with Crippen molar-refractivity contribution in [1.29, 1.82) is 0 Å². The van der Waals surface area contributed by atoms with Crippen LogP contribution in [0.5, 0.6) is 0 Å². The molecule has 0 unspecified atom stereocenters. The maximum atomic E-state index is 12.0. The summed E-state index contributed by atoms with van der Waals surface area (Å²) in [4.78, 5) is 27.3. The second kappa shape index (κ2) is 6.13. The molecule has 1 aromatic rings. The predicted molar refractivity (Wildman–Crippen MR) is 79.4 cm³/mol. The zero-order valence-electron chi connectivity index (χ0n) is 11.9. The predicted octanol–water partition coefficient (Wildman–Crippen LogP) is 1.68. The van der Waals surface area contributed by atoms with E-state index in [1.54, 1.807) is 4.90 Å². The van der Waals surface area contributed by atoms with E-state index in [2.05, 4.69) is 5.32 Å². The number of morpholine rings is 1. The van der Waals surface area contributed by atoms with Crippen LogP contribution < -0.4 is 10.2 Å². The van der Waals surface area contributed by atoms with Gasteiger partial charge in [0, 0.05) is 31.0 Å². The van der Waals surface area contributed by atoms with Gasteiger partial charge in [-0.25, -0.2) is 4.79 Å². The SMILES string of the molecule is O=C(Nc1ccc(N2CCOCC2=O)cc1)N1CCCC1. The number of benzene rings is 1. The van der Waals surface area contributed by atoms with Crippen LogP contribution in [0.3, 0.4) is 0 Å². The summed E-state index contributed by atoms with van der Waals surface area (Å²) < 4.78 is 5.11. The van der Waals surface area contributed by atoms with Crippen LogP contribution in [0.25, 0.3) is 0 Å². The van der Waals surface area contributed by atoms with Crippen molar-refractivity contribution >= 4 is 23.3 Å². The van der Waals surface area contributed by atoms with Crippen LogP contribution in [-0.2, 0) is 9.53 Å². The molecule has 21 heavy (non-hydrogen) atoms. The summed E-state index contributed by atoms with van der Waals surface area (Å²) >= 11 is 0. The standard InChI is InChI=1S/C15H19N3O3/c19-14-11-21-10-9-18(14)13-5-3-12(4-6-13)16-15(20)17-7-1-2-8-17/h3-6H,1-2,7-11H2,(H,16,20). The minimum Gasteiger partial charge on any atom is -0.370 e. The summed E-state index contributed by atoms with van der Waals surface area (Å²) in [5, 5.41) is 2.88. The third-order valence-corrected chi connectivity index (χ3v) is 3.81. The average molecular weight is 289 g/mol. The second-order valence-electron chi connectivity index (χ2n) is 5.27. The van der Waals surface area contributed by atoms with Crippen LogP contribution in [0.2, 0.25) is 0 Å². The summed E-state index contributed by atoms with van der Waals surface area (Å²) in [5.41, 5.74) is 1.58. The van der Waals surface area contributed by atoms with Gasteiger partial charge >= 0.3 is 6.03 Å². The van der Waals surface area contributed by atoms with Crippen LogP contribution in [0.4, 0.5) is 16.2 Å². The van der Waals surface area contributed by atoms with Gasteiger partial charge in [0.2, 0.25) is 0 Å². The van der Waals surface area contributed by atoms with Crippen molar-refractivity contribution in [3.8, 4) is 0 Å². The number of nitrogens with one attached hydrogen (secondary N) is 1. The minimum absolute atomic E-state index is 0.0323. The summed E-state index contributed by atoms with van der Waals surface area (Å²) in [5.74, 6) is -0.0323. The van der Waals surface area contributed by atoms with Crippen LogP contribution in [-0.4, -0.2) is 49.7 Å². The molecule has 2 aliphatic rings.